The van der Waals surface area contributed by atoms with Crippen LogP contribution in [0.1, 0.15) is 0 Å². The summed E-state index contributed by atoms with van der Waals surface area (Å²) in [5.74, 6) is 0.686. The summed E-state index contributed by atoms with van der Waals surface area (Å²) in [6.45, 7) is 0. The molecular formula is C14H9FIN3. The van der Waals surface area contributed by atoms with Crippen LogP contribution in [0, 0.1) is 9.39 Å². The molecule has 3 nitrogen and oxygen atoms in total. The Hall–Kier alpha value is -1.76. The number of aromatic nitrogens is 2. The van der Waals surface area contributed by atoms with Gasteiger partial charge in [0, 0.05) is 17.1 Å². The van der Waals surface area contributed by atoms with Crippen molar-refractivity contribution in [1.82, 2.24) is 9.97 Å². The molecule has 1 heterocycles. The molecule has 0 aliphatic carbocycles. The lowest BCUT2D eigenvalue weighted by molar-refractivity contribution is 0.640. The number of anilines is 1. The highest BCUT2D eigenvalue weighted by atomic mass is 127. The van der Waals surface area contributed by atoms with Gasteiger partial charge in [-0.3, -0.25) is 0 Å². The van der Waals surface area contributed by atoms with Crippen LogP contribution in [0.25, 0.3) is 22.2 Å². The van der Waals surface area contributed by atoms with E-state index in [1.54, 1.807) is 24.4 Å². The molecule has 0 unspecified atom stereocenters. The van der Waals surface area contributed by atoms with Crippen molar-refractivity contribution in [3.8, 4) is 11.4 Å². The lowest BCUT2D eigenvalue weighted by Gasteiger charge is -2.07. The molecule has 0 saturated heterocycles. The van der Waals surface area contributed by atoms with Crippen LogP contribution in [0.15, 0.2) is 42.6 Å². The summed E-state index contributed by atoms with van der Waals surface area (Å²) in [6, 6.07) is 10.4. The van der Waals surface area contributed by atoms with E-state index in [1.807, 2.05) is 12.1 Å². The van der Waals surface area contributed by atoms with Crippen LogP contribution in [0.5, 0.6) is 0 Å². The fourth-order valence-electron chi connectivity index (χ4n) is 1.97. The molecule has 0 amide bonds. The molecule has 0 aliphatic rings. The number of nitrogen functional groups attached to an aromatic ring is 1. The normalized spacial score (nSPS) is 10.8. The van der Waals surface area contributed by atoms with Crippen molar-refractivity contribution in [2.75, 3.05) is 5.73 Å². The summed E-state index contributed by atoms with van der Waals surface area (Å²) < 4.78 is 14.6. The van der Waals surface area contributed by atoms with Crippen LogP contribution >= 0.6 is 22.6 Å². The molecule has 0 bridgehead atoms. The molecule has 1 aromatic heterocycles. The van der Waals surface area contributed by atoms with Gasteiger partial charge in [-0.15, -0.1) is 0 Å². The highest BCUT2D eigenvalue weighted by molar-refractivity contribution is 14.1. The van der Waals surface area contributed by atoms with Gasteiger partial charge in [0.15, 0.2) is 5.82 Å². The Morgan fingerprint density at radius 2 is 1.79 bits per heavy atom. The van der Waals surface area contributed by atoms with Gasteiger partial charge in [-0.1, -0.05) is 24.3 Å². The van der Waals surface area contributed by atoms with Gasteiger partial charge in [0.2, 0.25) is 0 Å². The van der Waals surface area contributed by atoms with Gasteiger partial charge < -0.3 is 5.73 Å². The Balaban J connectivity index is 2.31. The van der Waals surface area contributed by atoms with Crippen molar-refractivity contribution < 1.29 is 4.39 Å². The van der Waals surface area contributed by atoms with Gasteiger partial charge in [-0.2, -0.15) is 0 Å². The van der Waals surface area contributed by atoms with E-state index in [9.17, 15) is 4.39 Å². The van der Waals surface area contributed by atoms with E-state index < -0.39 is 0 Å². The first-order chi connectivity index (χ1) is 9.16. The van der Waals surface area contributed by atoms with E-state index in [0.29, 0.717) is 17.0 Å². The van der Waals surface area contributed by atoms with Crippen molar-refractivity contribution in [2.24, 2.45) is 0 Å². The van der Waals surface area contributed by atoms with Crippen molar-refractivity contribution in [1.29, 1.82) is 0 Å². The SMILES string of the molecule is Nc1nc(-c2ccc(F)c3ccccc23)ncc1I. The molecule has 0 aliphatic heterocycles. The second-order valence-electron chi connectivity index (χ2n) is 4.07. The van der Waals surface area contributed by atoms with Crippen molar-refractivity contribution >= 4 is 39.2 Å². The summed E-state index contributed by atoms with van der Waals surface area (Å²) >= 11 is 2.07. The Kier molecular flexibility index (Phi) is 3.06. The summed E-state index contributed by atoms with van der Waals surface area (Å²) in [6.07, 6.45) is 1.66. The number of hydrogen-bond donors (Lipinski definition) is 1. The average Bonchev–Trinajstić information content (AvgIpc) is 2.43. The Labute approximate surface area is 122 Å². The van der Waals surface area contributed by atoms with E-state index in [4.69, 9.17) is 5.73 Å². The maximum absolute atomic E-state index is 13.8. The zero-order valence-electron chi connectivity index (χ0n) is 9.77. The second-order valence-corrected chi connectivity index (χ2v) is 5.23. The number of nitrogens with two attached hydrogens (primary N) is 1. The fourth-order valence-corrected chi connectivity index (χ4v) is 2.23. The van der Waals surface area contributed by atoms with Gasteiger partial charge in [0.05, 0.1) is 3.57 Å². The Bertz CT molecular complexity index is 774. The third-order valence-electron chi connectivity index (χ3n) is 2.88. The smallest absolute Gasteiger partial charge is 0.162 e. The molecule has 0 atom stereocenters. The summed E-state index contributed by atoms with van der Waals surface area (Å²) in [5.41, 5.74) is 6.58. The zero-order chi connectivity index (χ0) is 13.4. The zero-order valence-corrected chi connectivity index (χ0v) is 11.9. The largest absolute Gasteiger partial charge is 0.383 e. The Morgan fingerprint density at radius 3 is 2.53 bits per heavy atom. The molecule has 5 heteroatoms. The monoisotopic (exact) mass is 365 g/mol. The molecule has 94 valence electrons. The highest BCUT2D eigenvalue weighted by Gasteiger charge is 2.10. The highest BCUT2D eigenvalue weighted by Crippen LogP contribution is 2.28. The lowest BCUT2D eigenvalue weighted by atomic mass is 10.0. The van der Waals surface area contributed by atoms with Crippen LogP contribution in [-0.2, 0) is 0 Å². The summed E-state index contributed by atoms with van der Waals surface area (Å²) in [5, 5.41) is 1.34. The molecule has 19 heavy (non-hydrogen) atoms. The first kappa shape index (κ1) is 12.3. The quantitative estimate of drug-likeness (QED) is 0.671. The standard InChI is InChI=1S/C14H9FIN3/c15-11-6-5-10(8-3-1-2-4-9(8)11)14-18-7-12(16)13(17)19-14/h1-7H,(H2,17,18,19). The summed E-state index contributed by atoms with van der Waals surface area (Å²) in [4.78, 5) is 8.53. The average molecular weight is 365 g/mol. The van der Waals surface area contributed by atoms with Gasteiger partial charge >= 0.3 is 0 Å². The maximum Gasteiger partial charge on any atom is 0.162 e. The maximum atomic E-state index is 13.8. The predicted octanol–water partition coefficient (Wildman–Crippen LogP) is 3.62. The molecule has 3 aromatic rings. The molecule has 0 saturated carbocycles. The number of hydrogen-bond acceptors (Lipinski definition) is 3. The number of halogens is 2. The van der Waals surface area contributed by atoms with Crippen LogP contribution in [0.2, 0.25) is 0 Å². The molecule has 0 fully saturated rings. The van der Waals surface area contributed by atoms with Crippen molar-refractivity contribution in [3.05, 3.63) is 52.0 Å². The minimum absolute atomic E-state index is 0.252. The molecule has 2 N–H and O–H groups in total. The first-order valence-electron chi connectivity index (χ1n) is 5.62. The molecule has 0 spiro atoms. The van der Waals surface area contributed by atoms with Gasteiger partial charge in [-0.25, -0.2) is 14.4 Å². The van der Waals surface area contributed by atoms with Crippen molar-refractivity contribution in [2.45, 2.75) is 0 Å². The van der Waals surface area contributed by atoms with E-state index in [2.05, 4.69) is 32.6 Å². The van der Waals surface area contributed by atoms with Crippen LogP contribution in [-0.4, -0.2) is 9.97 Å². The van der Waals surface area contributed by atoms with E-state index in [1.165, 1.54) is 6.07 Å². The fraction of sp³-hybridized carbons (Fsp3) is 0. The third kappa shape index (κ3) is 2.14. The number of rotatable bonds is 1. The van der Waals surface area contributed by atoms with Gasteiger partial charge in [-0.05, 0) is 40.1 Å². The van der Waals surface area contributed by atoms with Gasteiger partial charge in [0.25, 0.3) is 0 Å². The van der Waals surface area contributed by atoms with E-state index in [-0.39, 0.29) is 5.82 Å². The molecule has 0 radical (unpaired) electrons. The van der Waals surface area contributed by atoms with Gasteiger partial charge in [0.1, 0.15) is 11.6 Å². The molecule has 2 aromatic carbocycles. The van der Waals surface area contributed by atoms with Crippen molar-refractivity contribution in [3.63, 3.8) is 0 Å². The predicted molar refractivity (Wildman–Crippen MR) is 82.1 cm³/mol. The Morgan fingerprint density at radius 1 is 1.05 bits per heavy atom. The molecule has 3 rings (SSSR count). The number of fused-ring (bicyclic) bond motifs is 1. The number of nitrogens with zero attached hydrogens (tertiary/aromatic N) is 2. The topological polar surface area (TPSA) is 51.8 Å². The van der Waals surface area contributed by atoms with Crippen LogP contribution in [0.4, 0.5) is 10.2 Å². The number of benzene rings is 2. The molecular weight excluding hydrogens is 356 g/mol. The van der Waals surface area contributed by atoms with E-state index in [0.717, 1.165) is 14.5 Å². The minimum atomic E-state index is -0.252. The summed E-state index contributed by atoms with van der Waals surface area (Å²) in [7, 11) is 0. The second kappa shape index (κ2) is 4.73. The third-order valence-corrected chi connectivity index (χ3v) is 3.71. The minimum Gasteiger partial charge on any atom is -0.383 e. The van der Waals surface area contributed by atoms with Crippen LogP contribution < -0.4 is 5.73 Å². The van der Waals surface area contributed by atoms with Crippen LogP contribution in [0.3, 0.4) is 0 Å². The first-order valence-corrected chi connectivity index (χ1v) is 6.70. The van der Waals surface area contributed by atoms with E-state index >= 15 is 0 Å². The lowest BCUT2D eigenvalue weighted by Crippen LogP contribution is -1.99.